The number of anilines is 1. The van der Waals surface area contributed by atoms with E-state index >= 15 is 0 Å². The van der Waals surface area contributed by atoms with E-state index in [1.807, 2.05) is 0 Å². The summed E-state index contributed by atoms with van der Waals surface area (Å²) in [4.78, 5) is 26.6. The van der Waals surface area contributed by atoms with Crippen molar-refractivity contribution in [1.29, 1.82) is 0 Å². The molecule has 0 atom stereocenters. The minimum atomic E-state index is -1.12. The molecular weight excluding hydrogens is 256 g/mol. The van der Waals surface area contributed by atoms with E-state index in [1.54, 1.807) is 13.0 Å². The Hall–Kier alpha value is -1.62. The van der Waals surface area contributed by atoms with Crippen LogP contribution in [0.25, 0.3) is 0 Å². The zero-order valence-electron chi connectivity index (χ0n) is 10.5. The molecule has 0 unspecified atom stereocenters. The van der Waals surface area contributed by atoms with Crippen LogP contribution in [0.5, 0.6) is 0 Å². The summed E-state index contributed by atoms with van der Waals surface area (Å²) >= 11 is 5.87. The fraction of sp³-hybridized carbons (Fsp3) is 0.417. The quantitative estimate of drug-likeness (QED) is 0.824. The van der Waals surface area contributed by atoms with Gasteiger partial charge in [0, 0.05) is 12.6 Å². The number of aryl methyl sites for hydroxylation is 1. The summed E-state index contributed by atoms with van der Waals surface area (Å²) in [6, 6.07) is 1.71. The molecule has 18 heavy (non-hydrogen) atoms. The third-order valence-corrected chi connectivity index (χ3v) is 2.85. The largest absolute Gasteiger partial charge is 0.481 e. The Morgan fingerprint density at radius 2 is 2.11 bits per heavy atom. The molecule has 6 heteroatoms. The highest BCUT2D eigenvalue weighted by Crippen LogP contribution is 2.25. The predicted molar refractivity (Wildman–Crippen MR) is 68.6 cm³/mol. The van der Waals surface area contributed by atoms with E-state index in [2.05, 4.69) is 10.3 Å². The number of aliphatic carboxylic acids is 1. The third kappa shape index (κ3) is 3.43. The molecule has 1 aromatic heterocycles. The Labute approximate surface area is 110 Å². The summed E-state index contributed by atoms with van der Waals surface area (Å²) in [6.45, 7) is 4.77. The molecular formula is C12H15ClN2O3. The zero-order valence-corrected chi connectivity index (χ0v) is 11.2. The molecule has 0 spiro atoms. The normalized spacial score (nSPS) is 11.1. The maximum absolute atomic E-state index is 11.8. The Kier molecular flexibility index (Phi) is 4.29. The Morgan fingerprint density at radius 1 is 1.50 bits per heavy atom. The van der Waals surface area contributed by atoms with Gasteiger partial charge >= 0.3 is 5.97 Å². The highest BCUT2D eigenvalue weighted by Gasteiger charge is 2.30. The van der Waals surface area contributed by atoms with Gasteiger partial charge in [-0.3, -0.25) is 9.59 Å². The molecule has 0 bridgehead atoms. The van der Waals surface area contributed by atoms with Crippen LogP contribution in [0.3, 0.4) is 0 Å². The molecule has 0 aromatic carbocycles. The minimum Gasteiger partial charge on any atom is -0.481 e. The lowest BCUT2D eigenvalue weighted by Gasteiger charge is -2.18. The first kappa shape index (κ1) is 14.4. The van der Waals surface area contributed by atoms with Crippen LogP contribution >= 0.6 is 11.6 Å². The van der Waals surface area contributed by atoms with Crippen LogP contribution < -0.4 is 5.32 Å². The number of hydrogen-bond donors (Lipinski definition) is 2. The summed E-state index contributed by atoms with van der Waals surface area (Å²) in [5.74, 6) is -1.42. The summed E-state index contributed by atoms with van der Waals surface area (Å²) < 4.78 is 0. The van der Waals surface area contributed by atoms with Crippen molar-refractivity contribution in [3.63, 3.8) is 0 Å². The van der Waals surface area contributed by atoms with Gasteiger partial charge in [-0.15, -0.1) is 0 Å². The number of pyridine rings is 1. The first-order chi connectivity index (χ1) is 8.24. The monoisotopic (exact) mass is 270 g/mol. The van der Waals surface area contributed by atoms with Crippen molar-refractivity contribution in [2.24, 2.45) is 5.41 Å². The molecule has 1 amide bonds. The number of hydrogen-bond acceptors (Lipinski definition) is 3. The van der Waals surface area contributed by atoms with Gasteiger partial charge in [0.05, 0.1) is 11.1 Å². The fourth-order valence-corrected chi connectivity index (χ4v) is 1.59. The SMILES string of the molecule is Cc1ccnc(Cl)c1NC(=O)CC(C)(C)C(=O)O. The highest BCUT2D eigenvalue weighted by molar-refractivity contribution is 6.32. The first-order valence-electron chi connectivity index (χ1n) is 5.38. The van der Waals surface area contributed by atoms with E-state index in [-0.39, 0.29) is 11.6 Å². The lowest BCUT2D eigenvalue weighted by molar-refractivity contribution is -0.148. The van der Waals surface area contributed by atoms with Gasteiger partial charge in [-0.1, -0.05) is 11.6 Å². The van der Waals surface area contributed by atoms with Crippen LogP contribution in [-0.4, -0.2) is 22.0 Å². The van der Waals surface area contributed by atoms with Crippen molar-refractivity contribution in [1.82, 2.24) is 4.98 Å². The van der Waals surface area contributed by atoms with Gasteiger partial charge < -0.3 is 10.4 Å². The van der Waals surface area contributed by atoms with Gasteiger partial charge in [0.25, 0.3) is 0 Å². The molecule has 1 aromatic rings. The van der Waals surface area contributed by atoms with Crippen LogP contribution in [0, 0.1) is 12.3 Å². The van der Waals surface area contributed by atoms with E-state index < -0.39 is 17.3 Å². The van der Waals surface area contributed by atoms with E-state index in [9.17, 15) is 9.59 Å². The second-order valence-corrected chi connectivity index (χ2v) is 5.07. The fourth-order valence-electron chi connectivity index (χ4n) is 1.34. The predicted octanol–water partition coefficient (Wildman–Crippen LogP) is 2.48. The average molecular weight is 271 g/mol. The van der Waals surface area contributed by atoms with Crippen LogP contribution in [0.15, 0.2) is 12.3 Å². The van der Waals surface area contributed by atoms with E-state index in [1.165, 1.54) is 20.0 Å². The number of carboxylic acids is 1. The van der Waals surface area contributed by atoms with Gasteiger partial charge in [-0.05, 0) is 32.4 Å². The number of carbonyl (C=O) groups is 2. The summed E-state index contributed by atoms with van der Waals surface area (Å²) in [5.41, 5.74) is 0.0778. The lowest BCUT2D eigenvalue weighted by Crippen LogP contribution is -2.29. The molecule has 0 saturated heterocycles. The minimum absolute atomic E-state index is 0.132. The van der Waals surface area contributed by atoms with Crippen molar-refractivity contribution in [2.45, 2.75) is 27.2 Å². The second-order valence-electron chi connectivity index (χ2n) is 4.71. The van der Waals surface area contributed by atoms with Gasteiger partial charge in [-0.2, -0.15) is 0 Å². The number of carboxylic acid groups (broad SMARTS) is 1. The summed E-state index contributed by atoms with van der Waals surface area (Å²) in [7, 11) is 0. The van der Waals surface area contributed by atoms with E-state index in [4.69, 9.17) is 16.7 Å². The van der Waals surface area contributed by atoms with Crippen molar-refractivity contribution < 1.29 is 14.7 Å². The molecule has 98 valence electrons. The first-order valence-corrected chi connectivity index (χ1v) is 5.76. The molecule has 0 aliphatic carbocycles. The van der Waals surface area contributed by atoms with Gasteiger partial charge in [0.1, 0.15) is 0 Å². The summed E-state index contributed by atoms with van der Waals surface area (Å²) in [6.07, 6.45) is 1.40. The molecule has 0 fully saturated rings. The summed E-state index contributed by atoms with van der Waals surface area (Å²) in [5, 5.41) is 11.7. The molecule has 0 aliphatic heterocycles. The molecule has 5 nitrogen and oxygen atoms in total. The maximum atomic E-state index is 11.8. The van der Waals surface area contributed by atoms with E-state index in [0.29, 0.717) is 5.69 Å². The van der Waals surface area contributed by atoms with Crippen molar-refractivity contribution in [3.05, 3.63) is 23.0 Å². The van der Waals surface area contributed by atoms with E-state index in [0.717, 1.165) is 5.56 Å². The number of aromatic nitrogens is 1. The van der Waals surface area contributed by atoms with Crippen molar-refractivity contribution >= 4 is 29.2 Å². The molecule has 1 rings (SSSR count). The van der Waals surface area contributed by atoms with Gasteiger partial charge in [-0.25, -0.2) is 4.98 Å². The zero-order chi connectivity index (χ0) is 13.9. The Balaban J connectivity index is 2.80. The molecule has 0 aliphatic rings. The third-order valence-electron chi connectivity index (χ3n) is 2.56. The Morgan fingerprint density at radius 3 is 2.61 bits per heavy atom. The van der Waals surface area contributed by atoms with Gasteiger partial charge in [0.2, 0.25) is 5.91 Å². The lowest BCUT2D eigenvalue weighted by atomic mass is 9.89. The number of amides is 1. The topological polar surface area (TPSA) is 79.3 Å². The van der Waals surface area contributed by atoms with Crippen molar-refractivity contribution in [2.75, 3.05) is 5.32 Å². The molecule has 2 N–H and O–H groups in total. The maximum Gasteiger partial charge on any atom is 0.309 e. The number of halogens is 1. The van der Waals surface area contributed by atoms with Crippen molar-refractivity contribution in [3.8, 4) is 0 Å². The number of rotatable bonds is 4. The van der Waals surface area contributed by atoms with Crippen LogP contribution in [0.1, 0.15) is 25.8 Å². The van der Waals surface area contributed by atoms with Crippen LogP contribution in [-0.2, 0) is 9.59 Å². The smallest absolute Gasteiger partial charge is 0.309 e. The molecule has 0 radical (unpaired) electrons. The average Bonchev–Trinajstić information content (AvgIpc) is 2.22. The Bertz CT molecular complexity index is 466. The van der Waals surface area contributed by atoms with Gasteiger partial charge in [0.15, 0.2) is 5.15 Å². The standard InChI is InChI=1S/C12H15ClN2O3/c1-7-4-5-14-10(13)9(7)15-8(16)6-12(2,3)11(17)18/h4-5H,6H2,1-3H3,(H,15,16)(H,17,18). The van der Waals surface area contributed by atoms with Crippen LogP contribution in [0.4, 0.5) is 5.69 Å². The van der Waals surface area contributed by atoms with Crippen LogP contribution in [0.2, 0.25) is 5.15 Å². The molecule has 1 heterocycles. The number of nitrogens with one attached hydrogen (secondary N) is 1. The number of carbonyl (C=O) groups excluding carboxylic acids is 1. The number of nitrogens with zero attached hydrogens (tertiary/aromatic N) is 1. The molecule has 0 saturated carbocycles. The highest BCUT2D eigenvalue weighted by atomic mass is 35.5. The second kappa shape index (κ2) is 5.35.